The quantitative estimate of drug-likeness (QED) is 0.841. The molecule has 0 aliphatic carbocycles. The lowest BCUT2D eigenvalue weighted by Gasteiger charge is -2.43. The van der Waals surface area contributed by atoms with E-state index in [-0.39, 0.29) is 11.9 Å². The second-order valence-corrected chi connectivity index (χ2v) is 6.55. The van der Waals surface area contributed by atoms with E-state index in [0.717, 1.165) is 12.2 Å². The molecule has 2 rings (SSSR count). The Kier molecular flexibility index (Phi) is 4.88. The Morgan fingerprint density at radius 1 is 1.38 bits per heavy atom. The van der Waals surface area contributed by atoms with E-state index in [0.29, 0.717) is 23.6 Å². The van der Waals surface area contributed by atoms with E-state index < -0.39 is 0 Å². The van der Waals surface area contributed by atoms with Gasteiger partial charge in [0.2, 0.25) is 5.91 Å². The molecule has 21 heavy (non-hydrogen) atoms. The normalized spacial score (nSPS) is 28.1. The monoisotopic (exact) mass is 289 g/mol. The summed E-state index contributed by atoms with van der Waals surface area (Å²) >= 11 is 0. The Morgan fingerprint density at radius 3 is 2.76 bits per heavy atom. The zero-order valence-electron chi connectivity index (χ0n) is 13.5. The Balaban J connectivity index is 2.04. The number of hydrogen-bond donors (Lipinski definition) is 2. The van der Waals surface area contributed by atoms with Crippen LogP contribution < -0.4 is 11.1 Å². The van der Waals surface area contributed by atoms with Crippen LogP contribution in [0.25, 0.3) is 0 Å². The van der Waals surface area contributed by atoms with Crippen LogP contribution in [0, 0.1) is 11.8 Å². The van der Waals surface area contributed by atoms with Crippen LogP contribution in [0.5, 0.6) is 0 Å². The van der Waals surface area contributed by atoms with Gasteiger partial charge in [0.05, 0.1) is 6.04 Å². The van der Waals surface area contributed by atoms with Gasteiger partial charge in [-0.15, -0.1) is 0 Å². The summed E-state index contributed by atoms with van der Waals surface area (Å²) in [6.07, 6.45) is 1.24. The summed E-state index contributed by atoms with van der Waals surface area (Å²) in [6.45, 7) is 9.73. The predicted molar refractivity (Wildman–Crippen MR) is 88.1 cm³/mol. The van der Waals surface area contributed by atoms with Crippen LogP contribution in [0.2, 0.25) is 0 Å². The highest BCUT2D eigenvalue weighted by Gasteiger charge is 2.34. The molecule has 1 aliphatic heterocycles. The second-order valence-electron chi connectivity index (χ2n) is 6.55. The number of rotatable bonds is 3. The van der Waals surface area contributed by atoms with Crippen molar-refractivity contribution in [3.8, 4) is 0 Å². The summed E-state index contributed by atoms with van der Waals surface area (Å²) in [5, 5.41) is 2.97. The first-order valence-corrected chi connectivity index (χ1v) is 7.80. The third-order valence-corrected chi connectivity index (χ3v) is 4.67. The van der Waals surface area contributed by atoms with Crippen molar-refractivity contribution in [3.05, 3.63) is 24.3 Å². The van der Waals surface area contributed by atoms with Gasteiger partial charge in [0.25, 0.3) is 0 Å². The minimum Gasteiger partial charge on any atom is -0.399 e. The van der Waals surface area contributed by atoms with Crippen molar-refractivity contribution in [2.45, 2.75) is 46.2 Å². The van der Waals surface area contributed by atoms with Crippen molar-refractivity contribution in [2.24, 2.45) is 11.8 Å². The SMILES string of the molecule is CC1CC(C)C(C)N(C(C)C(=O)Nc2cccc(N)c2)C1. The predicted octanol–water partition coefficient (Wildman–Crippen LogP) is 2.96. The average molecular weight is 289 g/mol. The molecule has 4 atom stereocenters. The number of nitrogen functional groups attached to an aromatic ring is 1. The Labute approximate surface area is 127 Å². The molecule has 1 amide bonds. The van der Waals surface area contributed by atoms with Gasteiger partial charge in [-0.1, -0.05) is 19.9 Å². The summed E-state index contributed by atoms with van der Waals surface area (Å²) < 4.78 is 0. The first kappa shape index (κ1) is 15.8. The van der Waals surface area contributed by atoms with Gasteiger partial charge in [-0.3, -0.25) is 9.69 Å². The molecule has 1 aliphatic rings. The molecule has 0 bridgehead atoms. The fourth-order valence-corrected chi connectivity index (χ4v) is 3.28. The maximum absolute atomic E-state index is 12.5. The summed E-state index contributed by atoms with van der Waals surface area (Å²) in [5.41, 5.74) is 7.17. The third kappa shape index (κ3) is 3.76. The van der Waals surface area contributed by atoms with Crippen LogP contribution in [0.1, 0.15) is 34.1 Å². The number of carbonyl (C=O) groups is 1. The zero-order valence-corrected chi connectivity index (χ0v) is 13.5. The van der Waals surface area contributed by atoms with E-state index in [2.05, 4.69) is 31.0 Å². The number of carbonyl (C=O) groups excluding carboxylic acids is 1. The lowest BCUT2D eigenvalue weighted by atomic mass is 9.85. The lowest BCUT2D eigenvalue weighted by Crippen LogP contribution is -2.53. The number of nitrogens with two attached hydrogens (primary N) is 1. The van der Waals surface area contributed by atoms with Gasteiger partial charge >= 0.3 is 0 Å². The fraction of sp³-hybridized carbons (Fsp3) is 0.588. The number of nitrogens with one attached hydrogen (secondary N) is 1. The number of benzene rings is 1. The Morgan fingerprint density at radius 2 is 2.10 bits per heavy atom. The molecule has 1 aromatic rings. The Bertz CT molecular complexity index is 503. The second kappa shape index (κ2) is 6.48. The average Bonchev–Trinajstić information content (AvgIpc) is 2.42. The molecule has 3 N–H and O–H groups in total. The standard InChI is InChI=1S/C17H27N3O/c1-11-8-12(2)13(3)20(10-11)14(4)17(21)19-16-7-5-6-15(18)9-16/h5-7,9,11-14H,8,10,18H2,1-4H3,(H,19,21). The molecule has 4 nitrogen and oxygen atoms in total. The highest BCUT2D eigenvalue weighted by Crippen LogP contribution is 2.28. The van der Waals surface area contributed by atoms with Gasteiger partial charge in [-0.05, 0) is 50.3 Å². The van der Waals surface area contributed by atoms with Crippen LogP contribution in [0.4, 0.5) is 11.4 Å². The molecular formula is C17H27N3O. The minimum atomic E-state index is -0.133. The number of likely N-dealkylation sites (tertiary alicyclic amines) is 1. The number of anilines is 2. The molecular weight excluding hydrogens is 262 g/mol. The molecule has 0 aromatic heterocycles. The van der Waals surface area contributed by atoms with E-state index in [4.69, 9.17) is 5.73 Å². The number of nitrogens with zero attached hydrogens (tertiary/aromatic N) is 1. The van der Waals surface area contributed by atoms with Gasteiger partial charge in [-0.25, -0.2) is 0 Å². The summed E-state index contributed by atoms with van der Waals surface area (Å²) in [6, 6.07) is 7.62. The number of piperidine rings is 1. The number of amides is 1. The number of hydrogen-bond acceptors (Lipinski definition) is 3. The smallest absolute Gasteiger partial charge is 0.241 e. The van der Waals surface area contributed by atoms with Crippen molar-refractivity contribution in [1.29, 1.82) is 0 Å². The third-order valence-electron chi connectivity index (χ3n) is 4.67. The van der Waals surface area contributed by atoms with Crippen molar-refractivity contribution in [3.63, 3.8) is 0 Å². The molecule has 0 saturated carbocycles. The summed E-state index contributed by atoms with van der Waals surface area (Å²) in [5.74, 6) is 1.30. The van der Waals surface area contributed by atoms with Gasteiger partial charge in [0.15, 0.2) is 0 Å². The molecule has 1 saturated heterocycles. The maximum atomic E-state index is 12.5. The molecule has 1 aromatic carbocycles. The Hall–Kier alpha value is -1.55. The molecule has 4 unspecified atom stereocenters. The summed E-state index contributed by atoms with van der Waals surface area (Å²) in [4.78, 5) is 14.8. The fourth-order valence-electron chi connectivity index (χ4n) is 3.28. The molecule has 4 heteroatoms. The van der Waals surface area contributed by atoms with Crippen molar-refractivity contribution < 1.29 is 4.79 Å². The van der Waals surface area contributed by atoms with E-state index >= 15 is 0 Å². The maximum Gasteiger partial charge on any atom is 0.241 e. The lowest BCUT2D eigenvalue weighted by molar-refractivity contribution is -0.123. The van der Waals surface area contributed by atoms with Crippen LogP contribution in [-0.2, 0) is 4.79 Å². The van der Waals surface area contributed by atoms with Gasteiger partial charge < -0.3 is 11.1 Å². The topological polar surface area (TPSA) is 58.4 Å². The molecule has 1 fully saturated rings. The van der Waals surface area contributed by atoms with Gasteiger partial charge in [0, 0.05) is 24.0 Å². The zero-order chi connectivity index (χ0) is 15.6. The van der Waals surface area contributed by atoms with Crippen LogP contribution in [0.15, 0.2) is 24.3 Å². The van der Waals surface area contributed by atoms with Gasteiger partial charge in [-0.2, -0.15) is 0 Å². The molecule has 0 spiro atoms. The first-order valence-electron chi connectivity index (χ1n) is 7.80. The van der Waals surface area contributed by atoms with Gasteiger partial charge in [0.1, 0.15) is 0 Å². The highest BCUT2D eigenvalue weighted by molar-refractivity contribution is 5.94. The first-order chi connectivity index (χ1) is 9.88. The van der Waals surface area contributed by atoms with Crippen molar-refractivity contribution in [2.75, 3.05) is 17.6 Å². The van der Waals surface area contributed by atoms with Crippen LogP contribution in [-0.4, -0.2) is 29.4 Å². The van der Waals surface area contributed by atoms with E-state index in [1.165, 1.54) is 6.42 Å². The molecule has 1 heterocycles. The van der Waals surface area contributed by atoms with E-state index in [9.17, 15) is 4.79 Å². The highest BCUT2D eigenvalue weighted by atomic mass is 16.2. The molecule has 0 radical (unpaired) electrons. The largest absolute Gasteiger partial charge is 0.399 e. The van der Waals surface area contributed by atoms with Crippen LogP contribution in [0.3, 0.4) is 0 Å². The van der Waals surface area contributed by atoms with E-state index in [1.54, 1.807) is 6.07 Å². The minimum absolute atomic E-state index is 0.0359. The molecule has 116 valence electrons. The van der Waals surface area contributed by atoms with Crippen molar-refractivity contribution >= 4 is 17.3 Å². The summed E-state index contributed by atoms with van der Waals surface area (Å²) in [7, 11) is 0. The van der Waals surface area contributed by atoms with Crippen LogP contribution >= 0.6 is 0 Å². The van der Waals surface area contributed by atoms with Crippen molar-refractivity contribution in [1.82, 2.24) is 4.90 Å². The van der Waals surface area contributed by atoms with E-state index in [1.807, 2.05) is 25.1 Å².